The third-order valence-corrected chi connectivity index (χ3v) is 5.05. The van der Waals surface area contributed by atoms with E-state index in [2.05, 4.69) is 22.8 Å². The van der Waals surface area contributed by atoms with Crippen LogP contribution < -0.4 is 15.5 Å². The Bertz CT molecular complexity index is 629. The number of rotatable bonds is 18. The molecule has 1 aromatic rings. The lowest BCUT2D eigenvalue weighted by molar-refractivity contribution is -0.126. The summed E-state index contributed by atoms with van der Waals surface area (Å²) in [5.74, 6) is 0.375. The Morgan fingerprint density at radius 3 is 2.00 bits per heavy atom. The molecule has 0 aliphatic rings. The zero-order valence-corrected chi connectivity index (χ0v) is 19.5. The van der Waals surface area contributed by atoms with E-state index in [1.807, 2.05) is 31.2 Å². The Kier molecular flexibility index (Phi) is 15.8. The van der Waals surface area contributed by atoms with Crippen molar-refractivity contribution in [3.05, 3.63) is 29.8 Å². The minimum absolute atomic E-state index is 0.0581. The Labute approximate surface area is 188 Å². The quantitative estimate of drug-likeness (QED) is 0.187. The van der Waals surface area contributed by atoms with Crippen molar-refractivity contribution in [2.45, 2.75) is 90.9 Å². The van der Waals surface area contributed by atoms with Crippen LogP contribution in [0.1, 0.15) is 96.5 Å². The van der Waals surface area contributed by atoms with Gasteiger partial charge in [-0.25, -0.2) is 5.43 Å². The molecule has 0 aliphatic heterocycles. The van der Waals surface area contributed by atoms with Crippen molar-refractivity contribution in [3.63, 3.8) is 0 Å². The molecule has 0 saturated carbocycles. The monoisotopic (exact) mass is 431 g/mol. The van der Waals surface area contributed by atoms with Gasteiger partial charge in [-0.15, -0.1) is 0 Å². The van der Waals surface area contributed by atoms with Gasteiger partial charge in [0.1, 0.15) is 5.75 Å². The number of hydrogen-bond donors (Lipinski definition) is 2. The van der Waals surface area contributed by atoms with Crippen molar-refractivity contribution in [2.24, 2.45) is 5.10 Å². The van der Waals surface area contributed by atoms with Crippen LogP contribution in [0.5, 0.6) is 5.75 Å². The topological polar surface area (TPSA) is 79.8 Å². The highest BCUT2D eigenvalue weighted by Gasteiger charge is 2.04. The van der Waals surface area contributed by atoms with Gasteiger partial charge in [0.15, 0.2) is 0 Å². The van der Waals surface area contributed by atoms with Crippen molar-refractivity contribution in [1.29, 1.82) is 0 Å². The molecule has 1 aromatic carbocycles. The largest absolute Gasteiger partial charge is 0.494 e. The lowest BCUT2D eigenvalue weighted by Crippen LogP contribution is -2.34. The van der Waals surface area contributed by atoms with Crippen LogP contribution in [-0.4, -0.2) is 31.2 Å². The van der Waals surface area contributed by atoms with E-state index in [9.17, 15) is 9.59 Å². The van der Waals surface area contributed by atoms with Gasteiger partial charge in [-0.05, 0) is 43.2 Å². The van der Waals surface area contributed by atoms with Gasteiger partial charge in [-0.3, -0.25) is 9.59 Å². The average molecular weight is 432 g/mol. The zero-order valence-electron chi connectivity index (χ0n) is 19.5. The van der Waals surface area contributed by atoms with Crippen molar-refractivity contribution >= 4 is 18.0 Å². The molecule has 0 aliphatic carbocycles. The summed E-state index contributed by atoms with van der Waals surface area (Å²) in [6, 6.07) is 7.41. The second kappa shape index (κ2) is 18.4. The van der Waals surface area contributed by atoms with E-state index in [1.165, 1.54) is 57.8 Å². The molecule has 31 heavy (non-hydrogen) atoms. The van der Waals surface area contributed by atoms with Gasteiger partial charge >= 0.3 is 0 Å². The molecule has 6 nitrogen and oxygen atoms in total. The summed E-state index contributed by atoms with van der Waals surface area (Å²) in [4.78, 5) is 23.6. The second-order valence-electron chi connectivity index (χ2n) is 7.86. The molecule has 0 radical (unpaired) electrons. The summed E-state index contributed by atoms with van der Waals surface area (Å²) in [5.41, 5.74) is 3.27. The van der Waals surface area contributed by atoms with Crippen LogP contribution in [0.25, 0.3) is 0 Å². The molecule has 1 rings (SSSR count). The number of unbranched alkanes of at least 4 members (excludes halogenated alkanes) is 10. The third-order valence-electron chi connectivity index (χ3n) is 5.05. The molecule has 6 heteroatoms. The molecular weight excluding hydrogens is 390 g/mol. The fourth-order valence-electron chi connectivity index (χ4n) is 3.25. The lowest BCUT2D eigenvalue weighted by Gasteiger charge is -2.05. The highest BCUT2D eigenvalue weighted by molar-refractivity contribution is 5.86. The summed E-state index contributed by atoms with van der Waals surface area (Å²) in [7, 11) is 0. The number of ether oxygens (including phenoxy) is 1. The van der Waals surface area contributed by atoms with Crippen molar-refractivity contribution in [1.82, 2.24) is 10.7 Å². The number of hydrazone groups is 1. The Morgan fingerprint density at radius 2 is 1.42 bits per heavy atom. The van der Waals surface area contributed by atoms with Gasteiger partial charge in [-0.2, -0.15) is 5.10 Å². The Balaban J connectivity index is 1.99. The Morgan fingerprint density at radius 1 is 0.839 bits per heavy atom. The van der Waals surface area contributed by atoms with E-state index in [0.29, 0.717) is 13.0 Å². The summed E-state index contributed by atoms with van der Waals surface area (Å²) < 4.78 is 5.38. The molecule has 0 saturated heterocycles. The molecule has 0 atom stereocenters. The molecule has 174 valence electrons. The van der Waals surface area contributed by atoms with E-state index in [0.717, 1.165) is 24.2 Å². The summed E-state index contributed by atoms with van der Waals surface area (Å²) in [6.45, 7) is 4.74. The summed E-state index contributed by atoms with van der Waals surface area (Å²) in [5, 5.41) is 6.56. The first-order chi connectivity index (χ1) is 15.2. The molecular formula is C25H41N3O3. The summed E-state index contributed by atoms with van der Waals surface area (Å²) >= 11 is 0. The number of carbonyl (C=O) groups excluding carboxylic acids is 2. The first kappa shape index (κ1) is 26.7. The van der Waals surface area contributed by atoms with Crippen LogP contribution in [0.3, 0.4) is 0 Å². The third kappa shape index (κ3) is 15.1. The minimum Gasteiger partial charge on any atom is -0.494 e. The Hall–Kier alpha value is -2.37. The van der Waals surface area contributed by atoms with Crippen LogP contribution in [0.4, 0.5) is 0 Å². The fourth-order valence-corrected chi connectivity index (χ4v) is 3.25. The van der Waals surface area contributed by atoms with Crippen LogP contribution in [0.2, 0.25) is 0 Å². The molecule has 0 bridgehead atoms. The van der Waals surface area contributed by atoms with E-state index in [-0.39, 0.29) is 18.4 Å². The number of carbonyl (C=O) groups is 2. The SMILES string of the molecule is CCCCCCCCCCCCCC(=O)NCC(=O)N/N=C\c1ccc(OCC)cc1. The average Bonchev–Trinajstić information content (AvgIpc) is 2.77. The molecule has 2 amide bonds. The smallest absolute Gasteiger partial charge is 0.259 e. The lowest BCUT2D eigenvalue weighted by atomic mass is 10.1. The second-order valence-corrected chi connectivity index (χ2v) is 7.86. The molecule has 0 fully saturated rings. The van der Waals surface area contributed by atoms with Gasteiger partial charge in [0.25, 0.3) is 5.91 Å². The molecule has 2 N–H and O–H groups in total. The number of nitrogens with one attached hydrogen (secondary N) is 2. The molecule has 0 unspecified atom stereocenters. The first-order valence-electron chi connectivity index (χ1n) is 12.0. The van der Waals surface area contributed by atoms with Crippen LogP contribution in [-0.2, 0) is 9.59 Å². The van der Waals surface area contributed by atoms with E-state index in [1.54, 1.807) is 6.21 Å². The number of amides is 2. The number of nitrogens with zero attached hydrogens (tertiary/aromatic N) is 1. The molecule has 0 spiro atoms. The summed E-state index contributed by atoms with van der Waals surface area (Å²) in [6.07, 6.45) is 15.8. The van der Waals surface area contributed by atoms with Crippen molar-refractivity contribution in [2.75, 3.05) is 13.2 Å². The molecule has 0 heterocycles. The van der Waals surface area contributed by atoms with Gasteiger partial charge in [0.05, 0.1) is 19.4 Å². The van der Waals surface area contributed by atoms with Gasteiger partial charge in [0.2, 0.25) is 5.91 Å². The van der Waals surface area contributed by atoms with Crippen LogP contribution in [0.15, 0.2) is 29.4 Å². The molecule has 0 aromatic heterocycles. The van der Waals surface area contributed by atoms with Crippen molar-refractivity contribution in [3.8, 4) is 5.75 Å². The number of benzene rings is 1. The van der Waals surface area contributed by atoms with Crippen LogP contribution in [0, 0.1) is 0 Å². The highest BCUT2D eigenvalue weighted by atomic mass is 16.5. The fraction of sp³-hybridized carbons (Fsp3) is 0.640. The van der Waals surface area contributed by atoms with Gasteiger partial charge in [0, 0.05) is 6.42 Å². The van der Waals surface area contributed by atoms with E-state index >= 15 is 0 Å². The highest BCUT2D eigenvalue weighted by Crippen LogP contribution is 2.12. The van der Waals surface area contributed by atoms with Crippen molar-refractivity contribution < 1.29 is 14.3 Å². The first-order valence-corrected chi connectivity index (χ1v) is 12.0. The standard InChI is InChI=1S/C25H41N3O3/c1-3-5-6-7-8-9-10-11-12-13-14-15-24(29)26-21-25(30)28-27-20-22-16-18-23(19-17-22)31-4-2/h16-20H,3-15,21H2,1-2H3,(H,26,29)(H,28,30)/b27-20-. The van der Waals surface area contributed by atoms with Crippen LogP contribution >= 0.6 is 0 Å². The van der Waals surface area contributed by atoms with Gasteiger partial charge in [-0.1, -0.05) is 71.1 Å². The number of hydrogen-bond acceptors (Lipinski definition) is 4. The van der Waals surface area contributed by atoms with E-state index < -0.39 is 0 Å². The maximum atomic E-state index is 11.8. The zero-order chi connectivity index (χ0) is 22.6. The van der Waals surface area contributed by atoms with Gasteiger partial charge < -0.3 is 10.1 Å². The maximum absolute atomic E-state index is 11.8. The maximum Gasteiger partial charge on any atom is 0.259 e. The predicted octanol–water partition coefficient (Wildman–Crippen LogP) is 5.35. The normalized spacial score (nSPS) is 10.9. The predicted molar refractivity (Wildman–Crippen MR) is 127 cm³/mol. The minimum atomic E-state index is -0.338. The van der Waals surface area contributed by atoms with E-state index in [4.69, 9.17) is 4.74 Å².